The summed E-state index contributed by atoms with van der Waals surface area (Å²) in [6, 6.07) is 6.67. The molecule has 4 heteroatoms. The number of amides is 1. The number of hydrogen-bond donors (Lipinski definition) is 1. The number of carbonyl (C=O) groups excluding carboxylic acids is 1. The first-order valence-electron chi connectivity index (χ1n) is 6.07. The maximum atomic E-state index is 13.6. The van der Waals surface area contributed by atoms with Gasteiger partial charge in [-0.1, -0.05) is 6.07 Å². The van der Waals surface area contributed by atoms with Crippen LogP contribution in [0.2, 0.25) is 0 Å². The van der Waals surface area contributed by atoms with Crippen molar-refractivity contribution in [2.24, 2.45) is 0 Å². The second kappa shape index (κ2) is 5.53. The van der Waals surface area contributed by atoms with Crippen LogP contribution >= 0.6 is 11.3 Å². The Morgan fingerprint density at radius 2 is 2.00 bits per heavy atom. The maximum absolute atomic E-state index is 13.6. The minimum absolute atomic E-state index is 0.0931. The van der Waals surface area contributed by atoms with Crippen LogP contribution in [0.1, 0.15) is 31.2 Å². The SMILES string of the molecule is Cc1ccc(C(=O)NCc2cc(C)c(C)s2)c(F)c1. The number of nitrogens with one attached hydrogen (secondary N) is 1. The van der Waals surface area contributed by atoms with E-state index in [0.29, 0.717) is 6.54 Å². The minimum atomic E-state index is -0.476. The monoisotopic (exact) mass is 277 g/mol. The van der Waals surface area contributed by atoms with E-state index in [2.05, 4.69) is 5.32 Å². The van der Waals surface area contributed by atoms with Crippen molar-refractivity contribution < 1.29 is 9.18 Å². The minimum Gasteiger partial charge on any atom is -0.347 e. The van der Waals surface area contributed by atoms with Crippen LogP contribution in [0, 0.1) is 26.6 Å². The van der Waals surface area contributed by atoms with Gasteiger partial charge >= 0.3 is 0 Å². The second-order valence-electron chi connectivity index (χ2n) is 4.62. The Bertz CT molecular complexity index is 599. The molecule has 0 aliphatic rings. The van der Waals surface area contributed by atoms with Gasteiger partial charge in [0.15, 0.2) is 0 Å². The lowest BCUT2D eigenvalue weighted by Crippen LogP contribution is -2.23. The molecule has 2 rings (SSSR count). The van der Waals surface area contributed by atoms with Crippen LogP contribution in [0.25, 0.3) is 0 Å². The van der Waals surface area contributed by atoms with Gasteiger partial charge in [0.05, 0.1) is 12.1 Å². The standard InChI is InChI=1S/C15H16FNOS/c1-9-4-5-13(14(16)6-9)15(18)17-8-12-7-10(2)11(3)19-12/h4-7H,8H2,1-3H3,(H,17,18). The number of halogens is 1. The summed E-state index contributed by atoms with van der Waals surface area (Å²) in [5.74, 6) is -0.850. The highest BCUT2D eigenvalue weighted by Gasteiger charge is 2.11. The van der Waals surface area contributed by atoms with E-state index in [9.17, 15) is 9.18 Å². The highest BCUT2D eigenvalue weighted by Crippen LogP contribution is 2.20. The lowest BCUT2D eigenvalue weighted by Gasteiger charge is -2.05. The summed E-state index contributed by atoms with van der Waals surface area (Å²) >= 11 is 1.65. The Morgan fingerprint density at radius 3 is 2.58 bits per heavy atom. The van der Waals surface area contributed by atoms with E-state index < -0.39 is 5.82 Å². The Kier molecular flexibility index (Phi) is 4.00. The first-order valence-corrected chi connectivity index (χ1v) is 6.89. The fourth-order valence-electron chi connectivity index (χ4n) is 1.80. The molecule has 0 unspecified atom stereocenters. The Labute approximate surface area is 116 Å². The summed E-state index contributed by atoms with van der Waals surface area (Å²) in [7, 11) is 0. The number of rotatable bonds is 3. The number of hydrogen-bond acceptors (Lipinski definition) is 2. The normalized spacial score (nSPS) is 10.5. The molecule has 1 aromatic heterocycles. The van der Waals surface area contributed by atoms with Crippen LogP contribution in [0.4, 0.5) is 4.39 Å². The van der Waals surface area contributed by atoms with Crippen LogP contribution in [-0.4, -0.2) is 5.91 Å². The second-order valence-corrected chi connectivity index (χ2v) is 5.96. The Balaban J connectivity index is 2.05. The van der Waals surface area contributed by atoms with Gasteiger partial charge in [-0.15, -0.1) is 11.3 Å². The summed E-state index contributed by atoms with van der Waals surface area (Å²) in [6.45, 7) is 6.31. The van der Waals surface area contributed by atoms with Gasteiger partial charge in [-0.05, 0) is 50.1 Å². The molecule has 0 aliphatic heterocycles. The quantitative estimate of drug-likeness (QED) is 0.909. The maximum Gasteiger partial charge on any atom is 0.254 e. The summed E-state index contributed by atoms with van der Waals surface area (Å²) in [4.78, 5) is 14.2. The Morgan fingerprint density at radius 1 is 1.26 bits per heavy atom. The third kappa shape index (κ3) is 3.20. The van der Waals surface area contributed by atoms with E-state index in [4.69, 9.17) is 0 Å². The third-order valence-electron chi connectivity index (χ3n) is 3.01. The molecule has 1 heterocycles. The van der Waals surface area contributed by atoms with E-state index in [1.54, 1.807) is 24.3 Å². The number of thiophene rings is 1. The van der Waals surface area contributed by atoms with Gasteiger partial charge < -0.3 is 5.32 Å². The van der Waals surface area contributed by atoms with Crippen molar-refractivity contribution in [3.05, 3.63) is 56.5 Å². The summed E-state index contributed by atoms with van der Waals surface area (Å²) in [5, 5.41) is 2.75. The van der Waals surface area contributed by atoms with Crippen molar-refractivity contribution in [1.29, 1.82) is 0 Å². The number of aryl methyl sites for hydroxylation is 3. The van der Waals surface area contributed by atoms with E-state index in [-0.39, 0.29) is 11.5 Å². The lowest BCUT2D eigenvalue weighted by atomic mass is 10.1. The molecule has 0 saturated heterocycles. The molecule has 0 radical (unpaired) electrons. The highest BCUT2D eigenvalue weighted by molar-refractivity contribution is 7.12. The van der Waals surface area contributed by atoms with E-state index >= 15 is 0 Å². The molecular formula is C15H16FNOS. The van der Waals surface area contributed by atoms with Gasteiger partial charge in [0, 0.05) is 9.75 Å². The number of benzene rings is 1. The number of carbonyl (C=O) groups is 1. The van der Waals surface area contributed by atoms with Gasteiger partial charge in [-0.3, -0.25) is 4.79 Å². The van der Waals surface area contributed by atoms with Crippen LogP contribution in [-0.2, 0) is 6.54 Å². The van der Waals surface area contributed by atoms with Gasteiger partial charge in [-0.2, -0.15) is 0 Å². The smallest absolute Gasteiger partial charge is 0.254 e. The highest BCUT2D eigenvalue weighted by atomic mass is 32.1. The van der Waals surface area contributed by atoms with Gasteiger partial charge in [-0.25, -0.2) is 4.39 Å². The lowest BCUT2D eigenvalue weighted by molar-refractivity contribution is 0.0947. The summed E-state index contributed by atoms with van der Waals surface area (Å²) < 4.78 is 13.6. The van der Waals surface area contributed by atoms with Gasteiger partial charge in [0.25, 0.3) is 5.91 Å². The molecular weight excluding hydrogens is 261 g/mol. The van der Waals surface area contributed by atoms with E-state index in [1.807, 2.05) is 19.9 Å². The summed E-state index contributed by atoms with van der Waals surface area (Å²) in [6.07, 6.45) is 0. The van der Waals surface area contributed by atoms with Gasteiger partial charge in [0.2, 0.25) is 0 Å². The van der Waals surface area contributed by atoms with Crippen molar-refractivity contribution >= 4 is 17.2 Å². The molecule has 19 heavy (non-hydrogen) atoms. The predicted octanol–water partition coefficient (Wildman–Crippen LogP) is 3.74. The average Bonchev–Trinajstić information content (AvgIpc) is 2.66. The molecule has 0 bridgehead atoms. The van der Waals surface area contributed by atoms with Crippen LogP contribution in [0.15, 0.2) is 24.3 Å². The topological polar surface area (TPSA) is 29.1 Å². The first kappa shape index (κ1) is 13.7. The molecule has 100 valence electrons. The van der Waals surface area contributed by atoms with Crippen molar-refractivity contribution in [3.8, 4) is 0 Å². The third-order valence-corrected chi connectivity index (χ3v) is 4.16. The molecule has 1 amide bonds. The average molecular weight is 277 g/mol. The molecule has 2 aromatic rings. The molecule has 0 fully saturated rings. The molecule has 1 aromatic carbocycles. The Hall–Kier alpha value is -1.68. The predicted molar refractivity (Wildman–Crippen MR) is 76.1 cm³/mol. The van der Waals surface area contributed by atoms with Gasteiger partial charge in [0.1, 0.15) is 5.82 Å². The van der Waals surface area contributed by atoms with Crippen molar-refractivity contribution in [2.45, 2.75) is 27.3 Å². The summed E-state index contributed by atoms with van der Waals surface area (Å²) in [5.41, 5.74) is 2.12. The van der Waals surface area contributed by atoms with Crippen molar-refractivity contribution in [3.63, 3.8) is 0 Å². The first-order chi connectivity index (χ1) is 8.97. The fourth-order valence-corrected chi connectivity index (χ4v) is 2.80. The largest absolute Gasteiger partial charge is 0.347 e. The van der Waals surface area contributed by atoms with E-state index in [0.717, 1.165) is 10.4 Å². The van der Waals surface area contributed by atoms with Crippen molar-refractivity contribution in [2.75, 3.05) is 0 Å². The van der Waals surface area contributed by atoms with Crippen molar-refractivity contribution in [1.82, 2.24) is 5.32 Å². The molecule has 1 N–H and O–H groups in total. The zero-order valence-corrected chi connectivity index (χ0v) is 12.0. The fraction of sp³-hybridized carbons (Fsp3) is 0.267. The molecule has 2 nitrogen and oxygen atoms in total. The van der Waals surface area contributed by atoms with E-state index in [1.165, 1.54) is 22.6 Å². The molecule has 0 spiro atoms. The van der Waals surface area contributed by atoms with Crippen LogP contribution in [0.5, 0.6) is 0 Å². The molecule has 0 saturated carbocycles. The zero-order valence-electron chi connectivity index (χ0n) is 11.2. The van der Waals surface area contributed by atoms with Crippen LogP contribution < -0.4 is 5.32 Å². The zero-order chi connectivity index (χ0) is 14.0. The molecule has 0 aliphatic carbocycles. The molecule has 0 atom stereocenters. The van der Waals surface area contributed by atoms with Crippen LogP contribution in [0.3, 0.4) is 0 Å².